The SMILES string of the molecule is OCCC(F)(F)C(F)(F)CCS. The summed E-state index contributed by atoms with van der Waals surface area (Å²) in [7, 11) is 0. The summed E-state index contributed by atoms with van der Waals surface area (Å²) >= 11 is 3.44. The number of aliphatic hydroxyl groups excluding tert-OH is 1. The molecule has 0 amide bonds. The number of halogens is 4. The highest BCUT2D eigenvalue weighted by molar-refractivity contribution is 7.80. The molecule has 6 heteroatoms. The molecule has 0 aliphatic rings. The Morgan fingerprint density at radius 3 is 1.75 bits per heavy atom. The highest BCUT2D eigenvalue weighted by atomic mass is 32.1. The van der Waals surface area contributed by atoms with Crippen molar-refractivity contribution in [2.24, 2.45) is 0 Å². The predicted octanol–water partition coefficient (Wildman–Crippen LogP) is 1.96. The second-order valence-electron chi connectivity index (χ2n) is 2.36. The Morgan fingerprint density at radius 2 is 1.42 bits per heavy atom. The van der Waals surface area contributed by atoms with Crippen LogP contribution in [-0.4, -0.2) is 29.3 Å². The molecule has 0 spiro atoms. The molecule has 0 aliphatic heterocycles. The summed E-state index contributed by atoms with van der Waals surface area (Å²) in [6, 6.07) is 0. The van der Waals surface area contributed by atoms with Gasteiger partial charge in [-0.25, -0.2) is 0 Å². The van der Waals surface area contributed by atoms with Gasteiger partial charge in [0.2, 0.25) is 0 Å². The van der Waals surface area contributed by atoms with Gasteiger partial charge in [0.25, 0.3) is 0 Å². The minimum atomic E-state index is -4.13. The Bertz CT molecular complexity index is 124. The summed E-state index contributed by atoms with van der Waals surface area (Å²) in [6.07, 6.45) is -2.20. The van der Waals surface area contributed by atoms with E-state index in [-0.39, 0.29) is 5.75 Å². The Kier molecular flexibility index (Phi) is 4.33. The number of hydrogen-bond acceptors (Lipinski definition) is 2. The lowest BCUT2D eigenvalue weighted by Crippen LogP contribution is -2.41. The molecule has 0 saturated heterocycles. The van der Waals surface area contributed by atoms with Gasteiger partial charge in [-0.1, -0.05) is 0 Å². The molecule has 0 atom stereocenters. The van der Waals surface area contributed by atoms with Crippen molar-refractivity contribution >= 4 is 12.6 Å². The van der Waals surface area contributed by atoms with E-state index < -0.39 is 31.3 Å². The van der Waals surface area contributed by atoms with Crippen molar-refractivity contribution in [3.05, 3.63) is 0 Å². The van der Waals surface area contributed by atoms with E-state index in [2.05, 4.69) is 12.6 Å². The maximum atomic E-state index is 12.5. The zero-order valence-corrected chi connectivity index (χ0v) is 7.13. The molecule has 0 unspecified atom stereocenters. The Morgan fingerprint density at radius 1 is 1.00 bits per heavy atom. The molecule has 74 valence electrons. The summed E-state index contributed by atoms with van der Waals surface area (Å²) in [4.78, 5) is 0. The maximum absolute atomic E-state index is 12.5. The summed E-state index contributed by atoms with van der Waals surface area (Å²) in [5.41, 5.74) is 0. The normalized spacial score (nSPS) is 13.5. The van der Waals surface area contributed by atoms with Crippen LogP contribution in [0.3, 0.4) is 0 Å². The number of rotatable bonds is 5. The number of aliphatic hydroxyl groups is 1. The van der Waals surface area contributed by atoms with E-state index in [4.69, 9.17) is 5.11 Å². The highest BCUT2D eigenvalue weighted by Gasteiger charge is 2.54. The lowest BCUT2D eigenvalue weighted by molar-refractivity contribution is -0.215. The fraction of sp³-hybridized carbons (Fsp3) is 1.00. The molecule has 0 aromatic carbocycles. The van der Waals surface area contributed by atoms with E-state index >= 15 is 0 Å². The average Bonchev–Trinajstić information content (AvgIpc) is 1.86. The van der Waals surface area contributed by atoms with Crippen molar-refractivity contribution in [1.82, 2.24) is 0 Å². The molecule has 12 heavy (non-hydrogen) atoms. The van der Waals surface area contributed by atoms with Crippen LogP contribution in [0.1, 0.15) is 12.8 Å². The van der Waals surface area contributed by atoms with Crippen molar-refractivity contribution in [3.8, 4) is 0 Å². The van der Waals surface area contributed by atoms with E-state index in [1.807, 2.05) is 0 Å². The van der Waals surface area contributed by atoms with Gasteiger partial charge >= 0.3 is 11.8 Å². The average molecular weight is 206 g/mol. The molecule has 0 radical (unpaired) electrons. The molecule has 0 fully saturated rings. The first-order valence-corrected chi connectivity index (χ1v) is 3.98. The summed E-state index contributed by atoms with van der Waals surface area (Å²) < 4.78 is 49.8. The predicted molar refractivity (Wildman–Crippen MR) is 40.1 cm³/mol. The van der Waals surface area contributed by atoms with E-state index in [0.29, 0.717) is 0 Å². The van der Waals surface area contributed by atoms with Crippen molar-refractivity contribution < 1.29 is 22.7 Å². The highest BCUT2D eigenvalue weighted by Crippen LogP contribution is 2.39. The van der Waals surface area contributed by atoms with Gasteiger partial charge in [-0.3, -0.25) is 0 Å². The van der Waals surface area contributed by atoms with E-state index in [0.717, 1.165) is 0 Å². The largest absolute Gasteiger partial charge is 0.396 e. The van der Waals surface area contributed by atoms with Crippen molar-refractivity contribution in [2.75, 3.05) is 12.4 Å². The van der Waals surface area contributed by atoms with Gasteiger partial charge in [-0.15, -0.1) is 0 Å². The summed E-state index contributed by atoms with van der Waals surface area (Å²) in [6.45, 7) is -0.949. The lowest BCUT2D eigenvalue weighted by atomic mass is 10.1. The van der Waals surface area contributed by atoms with Crippen LogP contribution in [0.2, 0.25) is 0 Å². The van der Waals surface area contributed by atoms with Gasteiger partial charge in [0, 0.05) is 19.4 Å². The van der Waals surface area contributed by atoms with Gasteiger partial charge < -0.3 is 5.11 Å². The summed E-state index contributed by atoms with van der Waals surface area (Å²) in [5.74, 6) is -8.52. The monoisotopic (exact) mass is 206 g/mol. The molecule has 0 aliphatic carbocycles. The molecule has 0 aromatic rings. The quantitative estimate of drug-likeness (QED) is 0.520. The van der Waals surface area contributed by atoms with Gasteiger partial charge in [-0.2, -0.15) is 30.2 Å². The molecule has 0 bridgehead atoms. The third-order valence-electron chi connectivity index (χ3n) is 1.39. The Balaban J connectivity index is 4.28. The minimum absolute atomic E-state index is 0.311. The first kappa shape index (κ1) is 12.0. The van der Waals surface area contributed by atoms with Gasteiger partial charge in [0.15, 0.2) is 0 Å². The molecule has 0 aromatic heterocycles. The van der Waals surface area contributed by atoms with E-state index in [9.17, 15) is 17.6 Å². The molecule has 0 heterocycles. The molecular formula is C6H10F4OS. The van der Waals surface area contributed by atoms with E-state index in [1.165, 1.54) is 0 Å². The third-order valence-corrected chi connectivity index (χ3v) is 1.61. The standard InChI is InChI=1S/C6H10F4OS/c7-5(8,1-3-11)6(9,10)2-4-12/h11-12H,1-4H2. The molecule has 0 saturated carbocycles. The van der Waals surface area contributed by atoms with Crippen LogP contribution >= 0.6 is 12.6 Å². The fourth-order valence-electron chi connectivity index (χ4n) is 0.647. The van der Waals surface area contributed by atoms with Crippen LogP contribution in [0.25, 0.3) is 0 Å². The second kappa shape index (κ2) is 4.32. The van der Waals surface area contributed by atoms with Gasteiger partial charge in [0.05, 0.1) is 0 Å². The van der Waals surface area contributed by atoms with Gasteiger partial charge in [0.1, 0.15) is 0 Å². The van der Waals surface area contributed by atoms with Crippen molar-refractivity contribution in [1.29, 1.82) is 0 Å². The lowest BCUT2D eigenvalue weighted by Gasteiger charge is -2.25. The first-order chi connectivity index (χ1) is 5.37. The minimum Gasteiger partial charge on any atom is -0.396 e. The Hall–Kier alpha value is 0.0300. The molecule has 1 N–H and O–H groups in total. The number of hydrogen-bond donors (Lipinski definition) is 2. The molecule has 0 rings (SSSR count). The summed E-state index contributed by atoms with van der Waals surface area (Å²) in [5, 5.41) is 8.10. The van der Waals surface area contributed by atoms with Gasteiger partial charge in [-0.05, 0) is 5.75 Å². The van der Waals surface area contributed by atoms with E-state index in [1.54, 1.807) is 0 Å². The van der Waals surface area contributed by atoms with Crippen LogP contribution in [-0.2, 0) is 0 Å². The Labute approximate surface area is 73.2 Å². The maximum Gasteiger partial charge on any atom is 0.312 e. The first-order valence-electron chi connectivity index (χ1n) is 3.35. The number of alkyl halides is 4. The smallest absolute Gasteiger partial charge is 0.312 e. The van der Waals surface area contributed by atoms with Crippen LogP contribution < -0.4 is 0 Å². The molecular weight excluding hydrogens is 196 g/mol. The van der Waals surface area contributed by atoms with Crippen molar-refractivity contribution in [2.45, 2.75) is 24.7 Å². The topological polar surface area (TPSA) is 20.2 Å². The third kappa shape index (κ3) is 2.82. The fourth-order valence-corrected chi connectivity index (χ4v) is 0.927. The zero-order valence-electron chi connectivity index (χ0n) is 6.23. The van der Waals surface area contributed by atoms with Crippen molar-refractivity contribution in [3.63, 3.8) is 0 Å². The van der Waals surface area contributed by atoms with Crippen LogP contribution in [0.4, 0.5) is 17.6 Å². The molecule has 1 nitrogen and oxygen atoms in total. The second-order valence-corrected chi connectivity index (χ2v) is 2.80. The van der Waals surface area contributed by atoms with Crippen LogP contribution in [0.15, 0.2) is 0 Å². The van der Waals surface area contributed by atoms with Crippen LogP contribution in [0, 0.1) is 0 Å². The van der Waals surface area contributed by atoms with Crippen LogP contribution in [0.5, 0.6) is 0 Å². The zero-order chi connectivity index (χ0) is 9.83. The number of thiol groups is 1.